The maximum absolute atomic E-state index is 13.0. The number of ketones is 1. The molecule has 0 fully saturated rings. The topological polar surface area (TPSA) is 37.4 Å². The van der Waals surface area contributed by atoms with Gasteiger partial charge in [0.05, 0.1) is 0 Å². The summed E-state index contributed by atoms with van der Waals surface area (Å²) in [6.07, 6.45) is 0. The summed E-state index contributed by atoms with van der Waals surface area (Å²) in [6.45, 7) is 0.509. The Morgan fingerprint density at radius 2 is 1.41 bits per heavy atom. The van der Waals surface area contributed by atoms with E-state index in [2.05, 4.69) is 30.3 Å². The van der Waals surface area contributed by atoms with Gasteiger partial charge in [0, 0.05) is 30.3 Å². The average molecular weight is 377 g/mol. The Balaban J connectivity index is 1.41. The van der Waals surface area contributed by atoms with Crippen LogP contribution in [0.15, 0.2) is 84.9 Å². The number of hydrogen-bond donors (Lipinski definition) is 0. The summed E-state index contributed by atoms with van der Waals surface area (Å²) in [6, 6.07) is 27.4. The van der Waals surface area contributed by atoms with Gasteiger partial charge in [-0.1, -0.05) is 66.7 Å². The van der Waals surface area contributed by atoms with Gasteiger partial charge in [-0.3, -0.25) is 9.59 Å². The lowest BCUT2D eigenvalue weighted by Crippen LogP contribution is -2.26. The van der Waals surface area contributed by atoms with E-state index in [1.165, 1.54) is 5.39 Å². The van der Waals surface area contributed by atoms with E-state index in [1.807, 2.05) is 48.5 Å². The van der Waals surface area contributed by atoms with E-state index < -0.39 is 0 Å². The smallest absolute Gasteiger partial charge is 0.253 e. The Kier molecular flexibility index (Phi) is 4.02. The van der Waals surface area contributed by atoms with Crippen molar-refractivity contribution >= 4 is 22.5 Å². The van der Waals surface area contributed by atoms with E-state index in [0.717, 1.165) is 22.1 Å². The molecule has 0 aliphatic heterocycles. The van der Waals surface area contributed by atoms with Gasteiger partial charge in [-0.2, -0.15) is 0 Å². The first-order valence-corrected chi connectivity index (χ1v) is 9.63. The highest BCUT2D eigenvalue weighted by Gasteiger charge is 2.27. The SMILES string of the molecule is CN(Cc1ccc2ccccc2c1)C(=O)c1ccc2c(c1)C(=O)c1ccccc1-2. The number of amides is 1. The molecule has 5 rings (SSSR count). The summed E-state index contributed by atoms with van der Waals surface area (Å²) in [7, 11) is 1.79. The molecule has 1 aliphatic rings. The molecule has 3 nitrogen and oxygen atoms in total. The molecule has 0 saturated heterocycles. The fourth-order valence-electron chi connectivity index (χ4n) is 4.06. The second-order valence-corrected chi connectivity index (χ2v) is 7.48. The Morgan fingerprint density at radius 3 is 2.24 bits per heavy atom. The maximum Gasteiger partial charge on any atom is 0.253 e. The average Bonchev–Trinajstić information content (AvgIpc) is 3.05. The highest BCUT2D eigenvalue weighted by molar-refractivity contribution is 6.22. The number of benzene rings is 4. The molecular formula is C26H19NO2. The molecule has 4 aromatic rings. The molecule has 0 radical (unpaired) electrons. The van der Waals surface area contributed by atoms with Crippen molar-refractivity contribution in [1.29, 1.82) is 0 Å². The third-order valence-corrected chi connectivity index (χ3v) is 5.55. The second-order valence-electron chi connectivity index (χ2n) is 7.48. The lowest BCUT2D eigenvalue weighted by Gasteiger charge is -2.18. The lowest BCUT2D eigenvalue weighted by molar-refractivity contribution is 0.0785. The zero-order chi connectivity index (χ0) is 20.0. The molecule has 0 aromatic heterocycles. The summed E-state index contributed by atoms with van der Waals surface area (Å²) in [4.78, 5) is 27.4. The first-order chi connectivity index (χ1) is 14.1. The van der Waals surface area contributed by atoms with E-state index in [9.17, 15) is 9.59 Å². The molecule has 0 bridgehead atoms. The van der Waals surface area contributed by atoms with Crippen LogP contribution in [-0.4, -0.2) is 23.6 Å². The largest absolute Gasteiger partial charge is 0.337 e. The monoisotopic (exact) mass is 377 g/mol. The summed E-state index contributed by atoms with van der Waals surface area (Å²) in [5, 5.41) is 2.34. The van der Waals surface area contributed by atoms with Crippen LogP contribution in [0.4, 0.5) is 0 Å². The van der Waals surface area contributed by atoms with Crippen LogP contribution in [0, 0.1) is 0 Å². The molecule has 140 valence electrons. The van der Waals surface area contributed by atoms with Gasteiger partial charge in [0.15, 0.2) is 5.78 Å². The van der Waals surface area contributed by atoms with Gasteiger partial charge >= 0.3 is 0 Å². The standard InChI is InChI=1S/C26H19NO2/c1-27(16-17-10-11-18-6-2-3-7-19(18)14-17)26(29)20-12-13-22-21-8-4-5-9-23(21)25(28)24(22)15-20/h2-15H,16H2,1H3. The number of carbonyl (C=O) groups is 2. The minimum atomic E-state index is -0.0929. The van der Waals surface area contributed by atoms with Crippen molar-refractivity contribution in [3.05, 3.63) is 107 Å². The first kappa shape index (κ1) is 17.4. The number of hydrogen-bond acceptors (Lipinski definition) is 2. The zero-order valence-corrected chi connectivity index (χ0v) is 16.1. The quantitative estimate of drug-likeness (QED) is 0.426. The third kappa shape index (κ3) is 2.92. The van der Waals surface area contributed by atoms with Crippen LogP contribution in [-0.2, 0) is 6.54 Å². The molecule has 29 heavy (non-hydrogen) atoms. The van der Waals surface area contributed by atoms with Gasteiger partial charge in [0.2, 0.25) is 0 Å². The van der Waals surface area contributed by atoms with Crippen molar-refractivity contribution in [2.24, 2.45) is 0 Å². The molecule has 0 saturated carbocycles. The van der Waals surface area contributed by atoms with Crippen LogP contribution >= 0.6 is 0 Å². The molecule has 0 N–H and O–H groups in total. The molecule has 1 amide bonds. The molecule has 0 spiro atoms. The Labute approximate surface area is 169 Å². The summed E-state index contributed by atoms with van der Waals surface area (Å²) in [5.41, 5.74) is 4.76. The van der Waals surface area contributed by atoms with Crippen LogP contribution in [0.5, 0.6) is 0 Å². The van der Waals surface area contributed by atoms with E-state index in [-0.39, 0.29) is 11.7 Å². The fourth-order valence-corrected chi connectivity index (χ4v) is 4.06. The molecule has 0 heterocycles. The third-order valence-electron chi connectivity index (χ3n) is 5.55. The highest BCUT2D eigenvalue weighted by Crippen LogP contribution is 2.36. The molecule has 0 unspecified atom stereocenters. The lowest BCUT2D eigenvalue weighted by atomic mass is 10.0. The first-order valence-electron chi connectivity index (χ1n) is 9.63. The number of fused-ring (bicyclic) bond motifs is 4. The van der Waals surface area contributed by atoms with Gasteiger partial charge in [0.25, 0.3) is 5.91 Å². The number of nitrogens with zero attached hydrogens (tertiary/aromatic N) is 1. The van der Waals surface area contributed by atoms with E-state index >= 15 is 0 Å². The van der Waals surface area contributed by atoms with Crippen LogP contribution in [0.3, 0.4) is 0 Å². The van der Waals surface area contributed by atoms with Gasteiger partial charge in [-0.05, 0) is 45.7 Å². The summed E-state index contributed by atoms with van der Waals surface area (Å²) < 4.78 is 0. The zero-order valence-electron chi connectivity index (χ0n) is 16.1. The minimum Gasteiger partial charge on any atom is -0.337 e. The Morgan fingerprint density at radius 1 is 0.724 bits per heavy atom. The van der Waals surface area contributed by atoms with Crippen LogP contribution < -0.4 is 0 Å². The molecule has 3 heteroatoms. The van der Waals surface area contributed by atoms with Crippen molar-refractivity contribution in [1.82, 2.24) is 4.90 Å². The van der Waals surface area contributed by atoms with Gasteiger partial charge < -0.3 is 4.90 Å². The second kappa shape index (κ2) is 6.71. The van der Waals surface area contributed by atoms with Crippen molar-refractivity contribution in [3.63, 3.8) is 0 Å². The van der Waals surface area contributed by atoms with Crippen LogP contribution in [0.1, 0.15) is 31.8 Å². The highest BCUT2D eigenvalue weighted by atomic mass is 16.2. The van der Waals surface area contributed by atoms with Gasteiger partial charge in [0.1, 0.15) is 0 Å². The molecule has 0 atom stereocenters. The van der Waals surface area contributed by atoms with E-state index in [4.69, 9.17) is 0 Å². The van der Waals surface area contributed by atoms with Gasteiger partial charge in [-0.25, -0.2) is 0 Å². The normalized spacial score (nSPS) is 12.0. The number of carbonyl (C=O) groups excluding carboxylic acids is 2. The Bertz CT molecular complexity index is 1290. The predicted molar refractivity (Wildman–Crippen MR) is 115 cm³/mol. The molecule has 4 aromatic carbocycles. The molecular weight excluding hydrogens is 358 g/mol. The minimum absolute atomic E-state index is 0.0116. The van der Waals surface area contributed by atoms with Crippen LogP contribution in [0.25, 0.3) is 21.9 Å². The maximum atomic E-state index is 13.0. The van der Waals surface area contributed by atoms with Gasteiger partial charge in [-0.15, -0.1) is 0 Å². The summed E-state index contributed by atoms with van der Waals surface area (Å²) >= 11 is 0. The molecule has 1 aliphatic carbocycles. The van der Waals surface area contributed by atoms with Crippen molar-refractivity contribution < 1.29 is 9.59 Å². The fraction of sp³-hybridized carbons (Fsp3) is 0.0769. The predicted octanol–water partition coefficient (Wildman–Crippen LogP) is 5.32. The van der Waals surface area contributed by atoms with Crippen molar-refractivity contribution in [2.45, 2.75) is 6.54 Å². The van der Waals surface area contributed by atoms with E-state index in [1.54, 1.807) is 18.0 Å². The van der Waals surface area contributed by atoms with Crippen molar-refractivity contribution in [3.8, 4) is 11.1 Å². The van der Waals surface area contributed by atoms with Crippen LogP contribution in [0.2, 0.25) is 0 Å². The van der Waals surface area contributed by atoms with Crippen molar-refractivity contribution in [2.75, 3.05) is 7.05 Å². The summed E-state index contributed by atoms with van der Waals surface area (Å²) in [5.74, 6) is -0.104. The van der Waals surface area contributed by atoms with E-state index in [0.29, 0.717) is 23.2 Å². The number of rotatable bonds is 3. The Hall–Kier alpha value is -3.72.